The van der Waals surface area contributed by atoms with E-state index in [1.807, 2.05) is 6.07 Å². The van der Waals surface area contributed by atoms with Crippen LogP contribution < -0.4 is 4.74 Å². The van der Waals surface area contributed by atoms with Crippen LogP contribution in [0.15, 0.2) is 24.3 Å². The number of rotatable bonds is 2. The lowest BCUT2D eigenvalue weighted by molar-refractivity contribution is -0.0394. The average molecular weight is 194 g/mol. The molecule has 1 aromatic carbocycles. The van der Waals surface area contributed by atoms with Crippen molar-refractivity contribution in [3.63, 3.8) is 0 Å². The molecule has 2 atom stereocenters. The number of phenolic OH excluding ortho intramolecular Hbond substituents is 1. The highest BCUT2D eigenvalue weighted by molar-refractivity contribution is 5.31. The van der Waals surface area contributed by atoms with Crippen LogP contribution in [0.1, 0.15) is 13.3 Å². The minimum atomic E-state index is -0.160. The van der Waals surface area contributed by atoms with E-state index in [9.17, 15) is 5.11 Å². The first-order valence-corrected chi connectivity index (χ1v) is 4.81. The van der Waals surface area contributed by atoms with E-state index in [0.29, 0.717) is 11.7 Å². The topological polar surface area (TPSA) is 38.7 Å². The highest BCUT2D eigenvalue weighted by Crippen LogP contribution is 2.24. The fourth-order valence-corrected chi connectivity index (χ4v) is 1.53. The molecule has 0 amide bonds. The minimum Gasteiger partial charge on any atom is -0.508 e. The highest BCUT2D eigenvalue weighted by atomic mass is 16.7. The van der Waals surface area contributed by atoms with Gasteiger partial charge in [0, 0.05) is 12.5 Å². The summed E-state index contributed by atoms with van der Waals surface area (Å²) in [5, 5.41) is 9.22. The monoisotopic (exact) mass is 194 g/mol. The van der Waals surface area contributed by atoms with Crippen molar-refractivity contribution >= 4 is 0 Å². The summed E-state index contributed by atoms with van der Waals surface area (Å²) in [6.07, 6.45) is 0.752. The zero-order valence-electron chi connectivity index (χ0n) is 8.14. The summed E-state index contributed by atoms with van der Waals surface area (Å²) in [6.45, 7) is 2.88. The molecule has 3 heteroatoms. The largest absolute Gasteiger partial charge is 0.508 e. The normalized spacial score (nSPS) is 26.4. The maximum Gasteiger partial charge on any atom is 0.200 e. The summed E-state index contributed by atoms with van der Waals surface area (Å²) in [7, 11) is 0. The Hall–Kier alpha value is -1.22. The van der Waals surface area contributed by atoms with Gasteiger partial charge in [-0.05, 0) is 18.1 Å². The summed E-state index contributed by atoms with van der Waals surface area (Å²) in [5.74, 6) is 1.43. The lowest BCUT2D eigenvalue weighted by atomic mass is 10.1. The standard InChI is InChI=1S/C11H14O3/c1-8-5-11(13-7-8)14-10-4-2-3-9(12)6-10/h2-4,6,8,11-12H,5,7H2,1H3/t8-,11?/m1/s1. The molecule has 1 aliphatic heterocycles. The second kappa shape index (κ2) is 3.88. The van der Waals surface area contributed by atoms with Gasteiger partial charge in [-0.3, -0.25) is 0 Å². The van der Waals surface area contributed by atoms with Crippen LogP contribution in [-0.4, -0.2) is 18.0 Å². The maximum atomic E-state index is 9.22. The number of hydrogen-bond acceptors (Lipinski definition) is 3. The minimum absolute atomic E-state index is 0.160. The first-order valence-electron chi connectivity index (χ1n) is 4.81. The van der Waals surface area contributed by atoms with E-state index in [2.05, 4.69) is 6.92 Å². The molecule has 3 nitrogen and oxygen atoms in total. The van der Waals surface area contributed by atoms with Gasteiger partial charge in [0.2, 0.25) is 0 Å². The second-order valence-corrected chi connectivity index (χ2v) is 3.72. The van der Waals surface area contributed by atoms with Crippen molar-refractivity contribution in [3.05, 3.63) is 24.3 Å². The first kappa shape index (κ1) is 9.34. The molecule has 1 aliphatic rings. The number of aromatic hydroxyl groups is 1. The Labute approximate surface area is 83.3 Å². The molecule has 1 unspecified atom stereocenters. The van der Waals surface area contributed by atoms with Crippen LogP contribution in [0.2, 0.25) is 0 Å². The molecule has 1 fully saturated rings. The van der Waals surface area contributed by atoms with Gasteiger partial charge in [-0.15, -0.1) is 0 Å². The predicted octanol–water partition coefficient (Wildman–Crippen LogP) is 2.15. The van der Waals surface area contributed by atoms with Crippen molar-refractivity contribution in [3.8, 4) is 11.5 Å². The Balaban J connectivity index is 1.97. The van der Waals surface area contributed by atoms with Crippen molar-refractivity contribution in [2.24, 2.45) is 5.92 Å². The number of phenols is 1. The van der Waals surface area contributed by atoms with E-state index in [-0.39, 0.29) is 12.0 Å². The van der Waals surface area contributed by atoms with Crippen molar-refractivity contribution in [1.29, 1.82) is 0 Å². The summed E-state index contributed by atoms with van der Waals surface area (Å²) in [5.41, 5.74) is 0. The van der Waals surface area contributed by atoms with Crippen molar-refractivity contribution in [1.82, 2.24) is 0 Å². The molecular weight excluding hydrogens is 180 g/mol. The lowest BCUT2D eigenvalue weighted by Crippen LogP contribution is -2.13. The fourth-order valence-electron chi connectivity index (χ4n) is 1.53. The molecule has 1 aromatic rings. The van der Waals surface area contributed by atoms with Crippen LogP contribution in [0.3, 0.4) is 0 Å². The Morgan fingerprint density at radius 2 is 2.36 bits per heavy atom. The SMILES string of the molecule is C[C@H]1COC(Oc2cccc(O)c2)C1. The van der Waals surface area contributed by atoms with Crippen LogP contribution in [-0.2, 0) is 4.74 Å². The van der Waals surface area contributed by atoms with Crippen LogP contribution in [0, 0.1) is 5.92 Å². The van der Waals surface area contributed by atoms with E-state index in [4.69, 9.17) is 9.47 Å². The Morgan fingerprint density at radius 1 is 1.50 bits per heavy atom. The summed E-state index contributed by atoms with van der Waals surface area (Å²) in [4.78, 5) is 0. The molecule has 0 bridgehead atoms. The average Bonchev–Trinajstić information content (AvgIpc) is 2.51. The van der Waals surface area contributed by atoms with Gasteiger partial charge in [0.1, 0.15) is 11.5 Å². The first-order chi connectivity index (χ1) is 6.74. The molecule has 2 rings (SSSR count). The molecule has 0 spiro atoms. The highest BCUT2D eigenvalue weighted by Gasteiger charge is 2.23. The van der Waals surface area contributed by atoms with Crippen molar-refractivity contribution in [2.45, 2.75) is 19.6 Å². The van der Waals surface area contributed by atoms with Gasteiger partial charge >= 0.3 is 0 Å². The molecular formula is C11H14O3. The Bertz CT molecular complexity index is 311. The van der Waals surface area contributed by atoms with Crippen LogP contribution in [0.4, 0.5) is 0 Å². The van der Waals surface area contributed by atoms with Crippen LogP contribution in [0.5, 0.6) is 11.5 Å². The fraction of sp³-hybridized carbons (Fsp3) is 0.455. The Kier molecular flexibility index (Phi) is 2.59. The summed E-state index contributed by atoms with van der Waals surface area (Å²) < 4.78 is 10.9. The molecule has 1 saturated heterocycles. The molecule has 0 aliphatic carbocycles. The van der Waals surface area contributed by atoms with Gasteiger partial charge in [0.15, 0.2) is 6.29 Å². The van der Waals surface area contributed by atoms with E-state index in [0.717, 1.165) is 13.0 Å². The summed E-state index contributed by atoms with van der Waals surface area (Å²) in [6, 6.07) is 6.77. The van der Waals surface area contributed by atoms with E-state index in [1.165, 1.54) is 0 Å². The van der Waals surface area contributed by atoms with E-state index >= 15 is 0 Å². The van der Waals surface area contributed by atoms with Gasteiger partial charge in [0.05, 0.1) is 6.61 Å². The Morgan fingerprint density at radius 3 is 3.00 bits per heavy atom. The lowest BCUT2D eigenvalue weighted by Gasteiger charge is -2.12. The van der Waals surface area contributed by atoms with E-state index in [1.54, 1.807) is 18.2 Å². The summed E-state index contributed by atoms with van der Waals surface area (Å²) >= 11 is 0. The second-order valence-electron chi connectivity index (χ2n) is 3.72. The quantitative estimate of drug-likeness (QED) is 0.784. The van der Waals surface area contributed by atoms with E-state index < -0.39 is 0 Å². The van der Waals surface area contributed by atoms with Crippen LogP contribution in [0.25, 0.3) is 0 Å². The number of benzene rings is 1. The molecule has 1 heterocycles. The van der Waals surface area contributed by atoms with Gasteiger partial charge in [-0.25, -0.2) is 0 Å². The molecule has 0 saturated carbocycles. The van der Waals surface area contributed by atoms with Gasteiger partial charge < -0.3 is 14.6 Å². The van der Waals surface area contributed by atoms with Gasteiger partial charge in [-0.1, -0.05) is 13.0 Å². The molecule has 0 radical (unpaired) electrons. The van der Waals surface area contributed by atoms with Crippen molar-refractivity contribution < 1.29 is 14.6 Å². The van der Waals surface area contributed by atoms with Gasteiger partial charge in [0.25, 0.3) is 0 Å². The molecule has 76 valence electrons. The zero-order chi connectivity index (χ0) is 9.97. The van der Waals surface area contributed by atoms with Crippen molar-refractivity contribution in [2.75, 3.05) is 6.61 Å². The smallest absolute Gasteiger partial charge is 0.200 e. The molecule has 1 N–H and O–H groups in total. The maximum absolute atomic E-state index is 9.22. The molecule has 0 aromatic heterocycles. The predicted molar refractivity (Wildman–Crippen MR) is 52.3 cm³/mol. The third-order valence-corrected chi connectivity index (χ3v) is 2.25. The third-order valence-electron chi connectivity index (χ3n) is 2.25. The third kappa shape index (κ3) is 2.17. The number of hydrogen-bond donors (Lipinski definition) is 1. The van der Waals surface area contributed by atoms with Crippen LogP contribution >= 0.6 is 0 Å². The zero-order valence-corrected chi connectivity index (χ0v) is 8.14. The van der Waals surface area contributed by atoms with Gasteiger partial charge in [-0.2, -0.15) is 0 Å². The number of ether oxygens (including phenoxy) is 2. The molecule has 14 heavy (non-hydrogen) atoms.